The van der Waals surface area contributed by atoms with Crippen molar-refractivity contribution >= 4 is 11.6 Å². The number of carbonyl (C=O) groups excluding carboxylic acids is 1. The zero-order valence-corrected chi connectivity index (χ0v) is 12.3. The first kappa shape index (κ1) is 14.7. The largest absolute Gasteiger partial charge is 0.495 e. The van der Waals surface area contributed by atoms with Crippen molar-refractivity contribution in [1.82, 2.24) is 0 Å². The fourth-order valence-electron chi connectivity index (χ4n) is 3.07. The van der Waals surface area contributed by atoms with Gasteiger partial charge >= 0.3 is 0 Å². The van der Waals surface area contributed by atoms with Gasteiger partial charge in [-0.05, 0) is 37.8 Å². The second kappa shape index (κ2) is 6.16. The third-order valence-electron chi connectivity index (χ3n) is 4.43. The lowest BCUT2D eigenvalue weighted by Gasteiger charge is -2.39. The van der Waals surface area contributed by atoms with Crippen molar-refractivity contribution in [1.29, 1.82) is 0 Å². The molecule has 0 heterocycles. The van der Waals surface area contributed by atoms with Crippen LogP contribution in [0.15, 0.2) is 24.3 Å². The summed E-state index contributed by atoms with van der Waals surface area (Å²) in [6.07, 6.45) is 5.67. The molecule has 1 unspecified atom stereocenters. The van der Waals surface area contributed by atoms with Crippen LogP contribution < -0.4 is 15.8 Å². The van der Waals surface area contributed by atoms with Crippen molar-refractivity contribution < 1.29 is 9.53 Å². The van der Waals surface area contributed by atoms with Crippen LogP contribution in [0, 0.1) is 5.92 Å². The Morgan fingerprint density at radius 2 is 1.95 bits per heavy atom. The van der Waals surface area contributed by atoms with Crippen LogP contribution in [0.25, 0.3) is 0 Å². The summed E-state index contributed by atoms with van der Waals surface area (Å²) in [4.78, 5) is 12.0. The Kier molecular flexibility index (Phi) is 4.53. The maximum atomic E-state index is 12.0. The third kappa shape index (κ3) is 2.89. The highest BCUT2D eigenvalue weighted by molar-refractivity contribution is 5.88. The molecule has 0 saturated heterocycles. The van der Waals surface area contributed by atoms with Crippen LogP contribution in [0.2, 0.25) is 0 Å². The fraction of sp³-hybridized carbons (Fsp3) is 0.562. The lowest BCUT2D eigenvalue weighted by atomic mass is 9.75. The van der Waals surface area contributed by atoms with E-state index in [4.69, 9.17) is 10.5 Å². The van der Waals surface area contributed by atoms with Crippen LogP contribution in [-0.4, -0.2) is 18.6 Å². The predicted octanol–water partition coefficient (Wildman–Crippen LogP) is 2.93. The Bertz CT molecular complexity index is 469. The van der Waals surface area contributed by atoms with E-state index in [9.17, 15) is 4.79 Å². The Morgan fingerprint density at radius 1 is 1.30 bits per heavy atom. The van der Waals surface area contributed by atoms with Crippen LogP contribution in [-0.2, 0) is 4.79 Å². The van der Waals surface area contributed by atoms with Gasteiger partial charge in [0, 0.05) is 0 Å². The van der Waals surface area contributed by atoms with E-state index in [-0.39, 0.29) is 11.8 Å². The molecule has 3 N–H and O–H groups in total. The quantitative estimate of drug-likeness (QED) is 0.869. The summed E-state index contributed by atoms with van der Waals surface area (Å²) in [5.74, 6) is 0.713. The van der Waals surface area contributed by atoms with Gasteiger partial charge in [-0.2, -0.15) is 0 Å². The monoisotopic (exact) mass is 276 g/mol. The normalized spacial score (nSPS) is 19.1. The first-order valence-corrected chi connectivity index (χ1v) is 7.29. The van der Waals surface area contributed by atoms with E-state index in [0.29, 0.717) is 0 Å². The number of methoxy groups -OCH3 is 1. The second-order valence-electron chi connectivity index (χ2n) is 5.73. The summed E-state index contributed by atoms with van der Waals surface area (Å²) in [7, 11) is 1.63. The first-order chi connectivity index (χ1) is 9.58. The van der Waals surface area contributed by atoms with E-state index >= 15 is 0 Å². The van der Waals surface area contributed by atoms with Crippen molar-refractivity contribution in [2.75, 3.05) is 12.4 Å². The van der Waals surface area contributed by atoms with Gasteiger partial charge in [-0.15, -0.1) is 0 Å². The summed E-state index contributed by atoms with van der Waals surface area (Å²) >= 11 is 0. The minimum Gasteiger partial charge on any atom is -0.495 e. The molecular weight excluding hydrogens is 252 g/mol. The molecule has 1 aromatic rings. The number of benzene rings is 1. The number of hydrogen-bond acceptors (Lipinski definition) is 3. The molecule has 2 rings (SSSR count). The van der Waals surface area contributed by atoms with Gasteiger partial charge in [0.15, 0.2) is 0 Å². The van der Waals surface area contributed by atoms with Crippen LogP contribution in [0.1, 0.15) is 39.0 Å². The van der Waals surface area contributed by atoms with Crippen LogP contribution in [0.5, 0.6) is 5.75 Å². The molecule has 1 atom stereocenters. The molecule has 1 aromatic carbocycles. The van der Waals surface area contributed by atoms with Gasteiger partial charge < -0.3 is 15.8 Å². The zero-order chi connectivity index (χ0) is 14.6. The minimum atomic E-state index is -0.727. The highest BCUT2D eigenvalue weighted by Gasteiger charge is 2.40. The second-order valence-corrected chi connectivity index (χ2v) is 5.73. The van der Waals surface area contributed by atoms with Crippen LogP contribution in [0.4, 0.5) is 5.69 Å². The molecule has 0 bridgehead atoms. The molecule has 0 radical (unpaired) electrons. The molecule has 1 aliphatic carbocycles. The van der Waals surface area contributed by atoms with Crippen LogP contribution >= 0.6 is 0 Å². The third-order valence-corrected chi connectivity index (χ3v) is 4.43. The van der Waals surface area contributed by atoms with Gasteiger partial charge in [0.2, 0.25) is 5.91 Å². The predicted molar refractivity (Wildman–Crippen MR) is 80.8 cm³/mol. The van der Waals surface area contributed by atoms with Crippen molar-refractivity contribution in [2.45, 2.75) is 44.6 Å². The van der Waals surface area contributed by atoms with Gasteiger partial charge in [0.1, 0.15) is 11.3 Å². The lowest BCUT2D eigenvalue weighted by molar-refractivity contribution is -0.123. The average molecular weight is 276 g/mol. The summed E-state index contributed by atoms with van der Waals surface area (Å²) in [6, 6.07) is 7.63. The topological polar surface area (TPSA) is 64.3 Å². The van der Waals surface area contributed by atoms with Gasteiger partial charge in [-0.3, -0.25) is 4.79 Å². The molecule has 4 heteroatoms. The summed E-state index contributed by atoms with van der Waals surface area (Å²) in [6.45, 7) is 1.91. The number of primary amides is 1. The van der Waals surface area contributed by atoms with Crippen LogP contribution in [0.3, 0.4) is 0 Å². The molecule has 1 saturated carbocycles. The molecule has 4 nitrogen and oxygen atoms in total. The number of para-hydroxylation sites is 2. The number of carbonyl (C=O) groups is 1. The van der Waals surface area contributed by atoms with Gasteiger partial charge in [-0.25, -0.2) is 0 Å². The van der Waals surface area contributed by atoms with Gasteiger partial charge in [-0.1, -0.05) is 31.4 Å². The number of nitrogens with two attached hydrogens (primary N) is 1. The number of hydrogen-bond donors (Lipinski definition) is 2. The number of anilines is 1. The summed E-state index contributed by atoms with van der Waals surface area (Å²) in [5.41, 5.74) is 5.79. The average Bonchev–Trinajstić information content (AvgIpc) is 2.48. The number of amides is 1. The molecule has 0 spiro atoms. The summed E-state index contributed by atoms with van der Waals surface area (Å²) < 4.78 is 5.34. The maximum absolute atomic E-state index is 12.0. The highest BCUT2D eigenvalue weighted by Crippen LogP contribution is 2.36. The molecule has 1 aliphatic rings. The highest BCUT2D eigenvalue weighted by atomic mass is 16.5. The van der Waals surface area contributed by atoms with E-state index in [2.05, 4.69) is 5.32 Å². The Balaban J connectivity index is 2.26. The number of nitrogens with one attached hydrogen (secondary N) is 1. The lowest BCUT2D eigenvalue weighted by Crippen LogP contribution is -2.54. The number of ether oxygens (including phenoxy) is 1. The zero-order valence-electron chi connectivity index (χ0n) is 12.3. The van der Waals surface area contributed by atoms with E-state index < -0.39 is 5.54 Å². The molecule has 0 aliphatic heterocycles. The van der Waals surface area contributed by atoms with Crippen molar-refractivity contribution in [3.8, 4) is 5.75 Å². The van der Waals surface area contributed by atoms with Crippen molar-refractivity contribution in [3.05, 3.63) is 24.3 Å². The molecule has 20 heavy (non-hydrogen) atoms. The molecule has 1 fully saturated rings. The van der Waals surface area contributed by atoms with E-state index in [0.717, 1.165) is 24.3 Å². The minimum absolute atomic E-state index is 0.277. The Morgan fingerprint density at radius 3 is 2.55 bits per heavy atom. The molecular formula is C16H24N2O2. The maximum Gasteiger partial charge on any atom is 0.243 e. The smallest absolute Gasteiger partial charge is 0.243 e. The first-order valence-electron chi connectivity index (χ1n) is 7.29. The van der Waals surface area contributed by atoms with E-state index in [1.807, 2.05) is 31.2 Å². The van der Waals surface area contributed by atoms with E-state index in [1.54, 1.807) is 7.11 Å². The number of rotatable bonds is 5. The van der Waals surface area contributed by atoms with Gasteiger partial charge in [0.25, 0.3) is 0 Å². The van der Waals surface area contributed by atoms with Gasteiger partial charge in [0.05, 0.1) is 12.8 Å². The molecule has 0 aromatic heterocycles. The standard InChI is InChI=1S/C16H24N2O2/c1-16(15(17)19,12-8-4-3-5-9-12)18-13-10-6-7-11-14(13)20-2/h6-7,10-12,18H,3-5,8-9H2,1-2H3,(H2,17,19). The molecule has 1 amide bonds. The van der Waals surface area contributed by atoms with E-state index in [1.165, 1.54) is 19.3 Å². The fourth-order valence-corrected chi connectivity index (χ4v) is 3.07. The Labute approximate surface area is 120 Å². The van der Waals surface area contributed by atoms with Crippen molar-refractivity contribution in [3.63, 3.8) is 0 Å². The SMILES string of the molecule is COc1ccccc1NC(C)(C(N)=O)C1CCCCC1. The Hall–Kier alpha value is -1.71. The van der Waals surface area contributed by atoms with Crippen molar-refractivity contribution in [2.24, 2.45) is 11.7 Å². The molecule has 110 valence electrons. The summed E-state index contributed by atoms with van der Waals surface area (Å²) in [5, 5.41) is 3.34.